The van der Waals surface area contributed by atoms with Crippen molar-refractivity contribution in [3.63, 3.8) is 0 Å². The number of pyridine rings is 1. The fourth-order valence-corrected chi connectivity index (χ4v) is 0.835. The highest BCUT2D eigenvalue weighted by Crippen LogP contribution is 2.18. The molecule has 0 aliphatic rings. The molecule has 0 saturated carbocycles. The second-order valence-corrected chi connectivity index (χ2v) is 2.55. The number of hydrogen-bond acceptors (Lipinski definition) is 3. The molecular weight excluding hydrogens is 215 g/mol. The van der Waals surface area contributed by atoms with Crippen LogP contribution in [0.1, 0.15) is 16.2 Å². The third-order valence-electron chi connectivity index (χ3n) is 1.41. The van der Waals surface area contributed by atoms with Gasteiger partial charge in [-0.05, 0) is 12.1 Å². The fourth-order valence-electron chi connectivity index (χ4n) is 0.835. The van der Waals surface area contributed by atoms with E-state index in [0.717, 1.165) is 0 Å². The topological polar surface area (TPSA) is 59.4 Å². The Kier molecular flexibility index (Phi) is 3.25. The van der Waals surface area contributed by atoms with Crippen LogP contribution < -0.4 is 0 Å². The predicted molar refractivity (Wildman–Crippen MR) is 42.0 cm³/mol. The molecule has 0 atom stereocenters. The third-order valence-corrected chi connectivity index (χ3v) is 1.41. The minimum absolute atomic E-state index is 0.0905. The molecule has 1 aromatic rings. The van der Waals surface area contributed by atoms with Crippen LogP contribution in [0.5, 0.6) is 0 Å². The molecular formula is C8H6F3NO3. The van der Waals surface area contributed by atoms with Crippen LogP contribution in [0.15, 0.2) is 18.2 Å². The lowest BCUT2D eigenvalue weighted by molar-refractivity contribution is -0.330. The summed E-state index contributed by atoms with van der Waals surface area (Å²) in [7, 11) is 0. The molecule has 0 aliphatic carbocycles. The number of alkyl halides is 3. The van der Waals surface area contributed by atoms with Crippen molar-refractivity contribution in [2.75, 3.05) is 0 Å². The van der Waals surface area contributed by atoms with Gasteiger partial charge in [-0.25, -0.2) is 9.78 Å². The second kappa shape index (κ2) is 4.26. The van der Waals surface area contributed by atoms with Crippen molar-refractivity contribution in [2.24, 2.45) is 0 Å². The van der Waals surface area contributed by atoms with Gasteiger partial charge in [-0.2, -0.15) is 0 Å². The normalized spacial score (nSPS) is 11.4. The van der Waals surface area contributed by atoms with Gasteiger partial charge in [0.05, 0.1) is 12.3 Å². The van der Waals surface area contributed by atoms with E-state index < -0.39 is 18.9 Å². The van der Waals surface area contributed by atoms with Crippen LogP contribution in [-0.4, -0.2) is 22.4 Å². The van der Waals surface area contributed by atoms with Gasteiger partial charge in [-0.15, -0.1) is 13.2 Å². The minimum atomic E-state index is -4.75. The van der Waals surface area contributed by atoms with E-state index >= 15 is 0 Å². The Morgan fingerprint density at radius 3 is 2.67 bits per heavy atom. The smallest absolute Gasteiger partial charge is 0.477 e. The summed E-state index contributed by atoms with van der Waals surface area (Å²) in [4.78, 5) is 13.9. The van der Waals surface area contributed by atoms with E-state index in [2.05, 4.69) is 9.72 Å². The molecule has 1 N–H and O–H groups in total. The van der Waals surface area contributed by atoms with Gasteiger partial charge in [0, 0.05) is 0 Å². The molecule has 7 heteroatoms. The lowest BCUT2D eigenvalue weighted by atomic mass is 10.3. The number of aromatic carboxylic acids is 1. The average Bonchev–Trinajstić information content (AvgIpc) is 2.14. The van der Waals surface area contributed by atoms with Gasteiger partial charge in [-0.1, -0.05) is 6.07 Å². The Hall–Kier alpha value is -1.63. The SMILES string of the molecule is O=C(O)c1cccc(COC(F)(F)F)n1. The van der Waals surface area contributed by atoms with E-state index in [4.69, 9.17) is 5.11 Å². The van der Waals surface area contributed by atoms with Crippen LogP contribution in [0.25, 0.3) is 0 Å². The van der Waals surface area contributed by atoms with Crippen molar-refractivity contribution < 1.29 is 27.8 Å². The first-order valence-corrected chi connectivity index (χ1v) is 3.78. The van der Waals surface area contributed by atoms with Gasteiger partial charge in [0.25, 0.3) is 0 Å². The molecule has 15 heavy (non-hydrogen) atoms. The van der Waals surface area contributed by atoms with Crippen molar-refractivity contribution in [3.05, 3.63) is 29.6 Å². The van der Waals surface area contributed by atoms with Crippen LogP contribution in [-0.2, 0) is 11.3 Å². The molecule has 0 spiro atoms. The molecule has 0 aromatic carbocycles. The Bertz CT molecular complexity index is 364. The number of carboxylic acids is 1. The number of carbonyl (C=O) groups is 1. The molecule has 1 heterocycles. The van der Waals surface area contributed by atoms with Gasteiger partial charge >= 0.3 is 12.3 Å². The highest BCUT2D eigenvalue weighted by molar-refractivity contribution is 5.85. The predicted octanol–water partition coefficient (Wildman–Crippen LogP) is 1.82. The fraction of sp³-hybridized carbons (Fsp3) is 0.250. The first-order chi connectivity index (χ1) is 6.88. The van der Waals surface area contributed by atoms with E-state index in [1.165, 1.54) is 18.2 Å². The summed E-state index contributed by atoms with van der Waals surface area (Å²) in [6.07, 6.45) is -4.75. The van der Waals surface area contributed by atoms with Gasteiger partial charge in [0.1, 0.15) is 5.69 Å². The third kappa shape index (κ3) is 3.94. The summed E-state index contributed by atoms with van der Waals surface area (Å²) in [5, 5.41) is 8.51. The second-order valence-electron chi connectivity index (χ2n) is 2.55. The quantitative estimate of drug-likeness (QED) is 0.845. The van der Waals surface area contributed by atoms with E-state index in [0.29, 0.717) is 0 Å². The first kappa shape index (κ1) is 11.4. The number of ether oxygens (including phenoxy) is 1. The van der Waals surface area contributed by atoms with Gasteiger partial charge in [-0.3, -0.25) is 4.74 Å². The van der Waals surface area contributed by atoms with Crippen molar-refractivity contribution in [2.45, 2.75) is 13.0 Å². The zero-order valence-electron chi connectivity index (χ0n) is 7.28. The number of nitrogens with zero attached hydrogens (tertiary/aromatic N) is 1. The van der Waals surface area contributed by atoms with Crippen LogP contribution in [0.4, 0.5) is 13.2 Å². The van der Waals surface area contributed by atoms with Crippen molar-refractivity contribution >= 4 is 5.97 Å². The highest BCUT2D eigenvalue weighted by atomic mass is 19.4. The largest absolute Gasteiger partial charge is 0.522 e. The molecule has 1 rings (SSSR count). The van der Waals surface area contributed by atoms with E-state index in [1.807, 2.05) is 0 Å². The lowest BCUT2D eigenvalue weighted by Crippen LogP contribution is -2.14. The molecule has 1 aromatic heterocycles. The summed E-state index contributed by atoms with van der Waals surface area (Å²) in [6, 6.07) is 3.73. The van der Waals surface area contributed by atoms with Gasteiger partial charge in [0.15, 0.2) is 0 Å². The Morgan fingerprint density at radius 1 is 1.47 bits per heavy atom. The molecule has 0 radical (unpaired) electrons. The maximum atomic E-state index is 11.6. The van der Waals surface area contributed by atoms with Gasteiger partial charge < -0.3 is 5.11 Å². The monoisotopic (exact) mass is 221 g/mol. The first-order valence-electron chi connectivity index (χ1n) is 3.78. The molecule has 0 aliphatic heterocycles. The zero-order valence-corrected chi connectivity index (χ0v) is 7.28. The Labute approximate surface area is 82.3 Å². The summed E-state index contributed by atoms with van der Waals surface area (Å²) in [5.74, 6) is -1.30. The van der Waals surface area contributed by atoms with Crippen LogP contribution in [0.2, 0.25) is 0 Å². The molecule has 0 unspecified atom stereocenters. The molecule has 0 saturated heterocycles. The Balaban J connectivity index is 2.70. The average molecular weight is 221 g/mol. The number of hydrogen-bond donors (Lipinski definition) is 1. The maximum absolute atomic E-state index is 11.6. The van der Waals surface area contributed by atoms with E-state index in [1.54, 1.807) is 0 Å². The number of halogens is 3. The minimum Gasteiger partial charge on any atom is -0.477 e. The summed E-state index contributed by atoms with van der Waals surface area (Å²) >= 11 is 0. The molecule has 0 bridgehead atoms. The lowest BCUT2D eigenvalue weighted by Gasteiger charge is -2.06. The number of aromatic nitrogens is 1. The summed E-state index contributed by atoms with van der Waals surface area (Å²) in [6.45, 7) is -0.801. The van der Waals surface area contributed by atoms with Crippen molar-refractivity contribution in [1.29, 1.82) is 0 Å². The van der Waals surface area contributed by atoms with Crippen LogP contribution >= 0.6 is 0 Å². The van der Waals surface area contributed by atoms with E-state index in [-0.39, 0.29) is 11.4 Å². The van der Waals surface area contributed by atoms with Crippen molar-refractivity contribution in [1.82, 2.24) is 4.98 Å². The van der Waals surface area contributed by atoms with Gasteiger partial charge in [0.2, 0.25) is 0 Å². The van der Waals surface area contributed by atoms with Crippen LogP contribution in [0, 0.1) is 0 Å². The maximum Gasteiger partial charge on any atom is 0.522 e. The molecule has 4 nitrogen and oxygen atoms in total. The van der Waals surface area contributed by atoms with Crippen molar-refractivity contribution in [3.8, 4) is 0 Å². The number of rotatable bonds is 3. The summed E-state index contributed by atoms with van der Waals surface area (Å²) < 4.78 is 38.4. The molecule has 82 valence electrons. The molecule has 0 fully saturated rings. The Morgan fingerprint density at radius 2 is 2.13 bits per heavy atom. The summed E-state index contributed by atoms with van der Waals surface area (Å²) in [5.41, 5.74) is -0.412. The van der Waals surface area contributed by atoms with Crippen LogP contribution in [0.3, 0.4) is 0 Å². The van der Waals surface area contributed by atoms with E-state index in [9.17, 15) is 18.0 Å². The zero-order chi connectivity index (χ0) is 11.5. The highest BCUT2D eigenvalue weighted by Gasteiger charge is 2.29. The number of carboxylic acid groups (broad SMARTS) is 1. The molecule has 0 amide bonds. The standard InChI is InChI=1S/C8H6F3NO3/c9-8(10,11)15-4-5-2-1-3-6(12-5)7(13)14/h1-3H,4H2,(H,13,14).